The van der Waals surface area contributed by atoms with E-state index in [2.05, 4.69) is 26.6 Å². The van der Waals surface area contributed by atoms with Gasteiger partial charge >= 0.3 is 11.9 Å². The number of carboxylic acids is 2. The van der Waals surface area contributed by atoms with Crippen molar-refractivity contribution in [1.82, 2.24) is 26.6 Å². The molecule has 0 aromatic rings. The Morgan fingerprint density at radius 1 is 0.451 bits per heavy atom. The van der Waals surface area contributed by atoms with Crippen LogP contribution in [0.4, 0.5) is 0 Å². The first-order chi connectivity index (χ1) is 24.2. The second-order valence-electron chi connectivity index (χ2n) is 12.2. The predicted octanol–water partition coefficient (Wildman–Crippen LogP) is -4.19. The molecule has 0 aliphatic rings. The monoisotopic (exact) mass is 732 g/mol. The normalized spacial score (nSPS) is 14.5. The van der Waals surface area contributed by atoms with E-state index in [0.29, 0.717) is 71.0 Å². The molecule has 0 aromatic carbocycles. The molecule has 0 spiro atoms. The lowest BCUT2D eigenvalue weighted by atomic mass is 10.0. The molecule has 0 unspecified atom stereocenters. The molecular formula is C31H60N10O10. The Morgan fingerprint density at radius 2 is 0.745 bits per heavy atom. The van der Waals surface area contributed by atoms with E-state index in [-0.39, 0.29) is 32.2 Å². The fourth-order valence-corrected chi connectivity index (χ4v) is 4.88. The van der Waals surface area contributed by atoms with Crippen LogP contribution in [0.25, 0.3) is 0 Å². The zero-order valence-corrected chi connectivity index (χ0v) is 29.3. The molecular weight excluding hydrogens is 672 g/mol. The number of aliphatic carboxylic acids is 2. The molecule has 0 fully saturated rings. The first-order valence-electron chi connectivity index (χ1n) is 17.4. The molecule has 20 heteroatoms. The minimum absolute atomic E-state index is 0.0569. The molecule has 0 rings (SSSR count). The number of amides is 5. The van der Waals surface area contributed by atoms with Gasteiger partial charge in [-0.2, -0.15) is 0 Å². The highest BCUT2D eigenvalue weighted by Gasteiger charge is 2.32. The molecule has 18 N–H and O–H groups in total. The van der Waals surface area contributed by atoms with Crippen molar-refractivity contribution in [2.24, 2.45) is 28.7 Å². The van der Waals surface area contributed by atoms with Crippen LogP contribution < -0.4 is 55.3 Å². The Hall–Kier alpha value is -3.95. The third-order valence-corrected chi connectivity index (χ3v) is 7.85. The maximum Gasteiger partial charge on any atom is 0.326 e. The predicted molar refractivity (Wildman–Crippen MR) is 186 cm³/mol. The molecule has 0 aliphatic carbocycles. The van der Waals surface area contributed by atoms with Crippen molar-refractivity contribution in [3.63, 3.8) is 0 Å². The largest absolute Gasteiger partial charge is 0.481 e. The SMILES string of the molecule is NCCCC[C@H](NC(=O)[C@H](CCCCN)NC(=O)[C@H](CO)NC(=O)[C@H](CCCCN)NC(=O)[C@H](CCCCN)NC(=O)[C@@H](N)CC(=O)O)C(=O)O. The van der Waals surface area contributed by atoms with Crippen LogP contribution in [0.5, 0.6) is 0 Å². The number of unbranched alkanes of at least 4 members (excludes halogenated alkanes) is 4. The minimum Gasteiger partial charge on any atom is -0.481 e. The van der Waals surface area contributed by atoms with Crippen LogP contribution in [0.1, 0.15) is 83.5 Å². The molecule has 5 amide bonds. The maximum atomic E-state index is 13.5. The molecule has 0 aliphatic heterocycles. The van der Waals surface area contributed by atoms with Gasteiger partial charge in [0.2, 0.25) is 29.5 Å². The van der Waals surface area contributed by atoms with E-state index in [4.69, 9.17) is 33.8 Å². The Balaban J connectivity index is 5.96. The van der Waals surface area contributed by atoms with E-state index in [0.717, 1.165) is 0 Å². The Labute approximate surface area is 298 Å². The lowest BCUT2D eigenvalue weighted by Gasteiger charge is -2.26. The molecule has 0 radical (unpaired) electrons. The minimum atomic E-state index is -1.58. The third kappa shape index (κ3) is 20.5. The third-order valence-electron chi connectivity index (χ3n) is 7.85. The fraction of sp³-hybridized carbons (Fsp3) is 0.774. The standard InChI is InChI=1S/C31H60N10O10/c32-13-5-1-9-20(37-26(45)19(36)17-25(43)44)27(46)38-22(11-3-7-15-34)29(48)41-24(18-42)30(49)39-21(10-2-6-14-33)28(47)40-23(31(50)51)12-4-8-16-35/h19-24,42H,1-18,32-36H2,(H,37,45)(H,38,46)(H,39,49)(H,40,47)(H,41,48)(H,43,44)(H,50,51)/t19-,20-,21-,22-,23-,24-/m0/s1. The van der Waals surface area contributed by atoms with Crippen molar-refractivity contribution in [1.29, 1.82) is 0 Å². The van der Waals surface area contributed by atoms with Crippen LogP contribution in [0.3, 0.4) is 0 Å². The number of carbonyl (C=O) groups is 7. The van der Waals surface area contributed by atoms with Gasteiger partial charge in [0.25, 0.3) is 0 Å². The summed E-state index contributed by atoms with van der Waals surface area (Å²) in [4.78, 5) is 88.5. The first kappa shape index (κ1) is 47.0. The van der Waals surface area contributed by atoms with Crippen LogP contribution in [0, 0.1) is 0 Å². The summed E-state index contributed by atoms with van der Waals surface area (Å²) in [6.45, 7) is 0.346. The van der Waals surface area contributed by atoms with Gasteiger partial charge in [-0.05, 0) is 103 Å². The van der Waals surface area contributed by atoms with Gasteiger partial charge in [0, 0.05) is 0 Å². The van der Waals surface area contributed by atoms with Crippen LogP contribution in [0.15, 0.2) is 0 Å². The van der Waals surface area contributed by atoms with E-state index >= 15 is 0 Å². The topological polar surface area (TPSA) is 370 Å². The molecule has 51 heavy (non-hydrogen) atoms. The Bertz CT molecular complexity index is 1100. The summed E-state index contributed by atoms with van der Waals surface area (Å²) < 4.78 is 0. The van der Waals surface area contributed by atoms with Crippen molar-refractivity contribution >= 4 is 41.5 Å². The van der Waals surface area contributed by atoms with E-state index in [9.17, 15) is 43.8 Å². The number of carboxylic acid groups (broad SMARTS) is 2. The molecule has 294 valence electrons. The van der Waals surface area contributed by atoms with Crippen LogP contribution in [-0.2, 0) is 33.6 Å². The number of carbonyl (C=O) groups excluding carboxylic acids is 5. The highest BCUT2D eigenvalue weighted by atomic mass is 16.4. The van der Waals surface area contributed by atoms with Gasteiger partial charge in [0.05, 0.1) is 19.1 Å². The summed E-state index contributed by atoms with van der Waals surface area (Å²) in [5.74, 6) is -6.83. The van der Waals surface area contributed by atoms with E-state index in [1.165, 1.54) is 0 Å². The quantitative estimate of drug-likeness (QED) is 0.0311. The zero-order valence-electron chi connectivity index (χ0n) is 29.3. The first-order valence-corrected chi connectivity index (χ1v) is 17.4. The van der Waals surface area contributed by atoms with Crippen molar-refractivity contribution in [3.8, 4) is 0 Å². The summed E-state index contributed by atoms with van der Waals surface area (Å²) in [6, 6.07) is -7.94. The van der Waals surface area contributed by atoms with Crippen molar-refractivity contribution in [2.75, 3.05) is 32.8 Å². The van der Waals surface area contributed by atoms with E-state index < -0.39 is 90.8 Å². The molecule has 0 saturated heterocycles. The Morgan fingerprint density at radius 3 is 1.06 bits per heavy atom. The molecule has 6 atom stereocenters. The maximum absolute atomic E-state index is 13.5. The molecule has 0 heterocycles. The number of nitrogens with two attached hydrogens (primary N) is 5. The van der Waals surface area contributed by atoms with Gasteiger partial charge in [-0.25, -0.2) is 4.79 Å². The van der Waals surface area contributed by atoms with Gasteiger partial charge in [-0.3, -0.25) is 28.8 Å². The molecule has 0 saturated carbocycles. The van der Waals surface area contributed by atoms with Gasteiger partial charge in [-0.1, -0.05) is 0 Å². The van der Waals surface area contributed by atoms with Gasteiger partial charge in [-0.15, -0.1) is 0 Å². The number of rotatable bonds is 30. The van der Waals surface area contributed by atoms with Crippen LogP contribution in [-0.4, -0.2) is 126 Å². The average Bonchev–Trinajstić information content (AvgIpc) is 3.08. The number of hydrogen-bond donors (Lipinski definition) is 13. The van der Waals surface area contributed by atoms with E-state index in [1.54, 1.807) is 0 Å². The summed E-state index contributed by atoms with van der Waals surface area (Å²) >= 11 is 0. The second-order valence-corrected chi connectivity index (χ2v) is 12.2. The second kappa shape index (κ2) is 27.7. The number of hydrogen-bond acceptors (Lipinski definition) is 13. The molecule has 0 bridgehead atoms. The van der Waals surface area contributed by atoms with E-state index in [1.807, 2.05) is 0 Å². The average molecular weight is 733 g/mol. The zero-order chi connectivity index (χ0) is 38.8. The lowest BCUT2D eigenvalue weighted by molar-refractivity contribution is -0.142. The summed E-state index contributed by atoms with van der Waals surface area (Å²) in [6.07, 6.45) is 3.32. The fourth-order valence-electron chi connectivity index (χ4n) is 4.88. The van der Waals surface area contributed by atoms with Gasteiger partial charge < -0.3 is 70.6 Å². The summed E-state index contributed by atoms with van der Waals surface area (Å²) in [5.41, 5.74) is 27.9. The lowest BCUT2D eigenvalue weighted by Crippen LogP contribution is -2.60. The van der Waals surface area contributed by atoms with Crippen molar-refractivity contribution < 1.29 is 48.9 Å². The van der Waals surface area contributed by atoms with Gasteiger partial charge in [0.1, 0.15) is 30.2 Å². The van der Waals surface area contributed by atoms with Crippen molar-refractivity contribution in [3.05, 3.63) is 0 Å². The molecule has 0 aromatic heterocycles. The summed E-state index contributed by atoms with van der Waals surface area (Å²) in [5, 5.41) is 40.9. The van der Waals surface area contributed by atoms with Crippen molar-refractivity contribution in [2.45, 2.75) is 120 Å². The van der Waals surface area contributed by atoms with Crippen LogP contribution in [0.2, 0.25) is 0 Å². The number of aliphatic hydroxyl groups excluding tert-OH is 1. The Kier molecular flexibility index (Phi) is 25.6. The summed E-state index contributed by atoms with van der Waals surface area (Å²) in [7, 11) is 0. The highest BCUT2D eigenvalue weighted by Crippen LogP contribution is 2.08. The number of nitrogens with one attached hydrogen (secondary N) is 5. The van der Waals surface area contributed by atoms with Gasteiger partial charge in [0.15, 0.2) is 0 Å². The number of aliphatic hydroxyl groups is 1. The highest BCUT2D eigenvalue weighted by molar-refractivity contribution is 5.96. The smallest absolute Gasteiger partial charge is 0.326 e. The van der Waals surface area contributed by atoms with Crippen LogP contribution >= 0.6 is 0 Å². The molecule has 20 nitrogen and oxygen atoms in total.